The van der Waals surface area contributed by atoms with Crippen molar-refractivity contribution in [2.24, 2.45) is 5.84 Å². The molecule has 2 rings (SSSR count). The molecule has 0 amide bonds. The third-order valence-corrected chi connectivity index (χ3v) is 4.93. The van der Waals surface area contributed by atoms with E-state index in [1.807, 2.05) is 19.1 Å². The molecular weight excluding hydrogens is 394 g/mol. The Kier molecular flexibility index (Phi) is 5.35. The average molecular weight is 407 g/mol. The zero-order valence-electron chi connectivity index (χ0n) is 10.2. The number of thiophene rings is 1. The molecule has 0 aliphatic heterocycles. The third kappa shape index (κ3) is 3.55. The molecule has 0 radical (unpaired) electrons. The number of pyridine rings is 1. The van der Waals surface area contributed by atoms with Gasteiger partial charge in [0.1, 0.15) is 5.75 Å². The summed E-state index contributed by atoms with van der Waals surface area (Å²) in [5.41, 5.74) is 4.84. The molecule has 0 bridgehead atoms. The molecule has 102 valence electrons. The maximum Gasteiger partial charge on any atom is 0.137 e. The summed E-state index contributed by atoms with van der Waals surface area (Å²) in [6.07, 6.45) is 3.48. The highest BCUT2D eigenvalue weighted by Crippen LogP contribution is 2.37. The molecule has 2 aromatic rings. The molecular formula is C12H13Br2N3OS. The van der Waals surface area contributed by atoms with Crippen molar-refractivity contribution >= 4 is 43.2 Å². The molecule has 3 N–H and O–H groups in total. The summed E-state index contributed by atoms with van der Waals surface area (Å²) in [6.45, 7) is 2.55. The maximum absolute atomic E-state index is 5.69. The smallest absolute Gasteiger partial charge is 0.137 e. The number of nitrogens with two attached hydrogens (primary N) is 1. The van der Waals surface area contributed by atoms with Gasteiger partial charge in [0.2, 0.25) is 0 Å². The van der Waals surface area contributed by atoms with Gasteiger partial charge >= 0.3 is 0 Å². The van der Waals surface area contributed by atoms with Crippen molar-refractivity contribution < 1.29 is 4.74 Å². The van der Waals surface area contributed by atoms with Crippen molar-refractivity contribution in [2.75, 3.05) is 6.61 Å². The second-order valence-electron chi connectivity index (χ2n) is 3.77. The number of rotatable bonds is 5. The van der Waals surface area contributed by atoms with Crippen LogP contribution in [0.15, 0.2) is 32.1 Å². The lowest BCUT2D eigenvalue weighted by molar-refractivity contribution is 0.338. The molecule has 4 nitrogen and oxygen atoms in total. The fraction of sp³-hybridized carbons (Fsp3) is 0.250. The van der Waals surface area contributed by atoms with Crippen LogP contribution in [-0.2, 0) is 0 Å². The number of halogens is 2. The van der Waals surface area contributed by atoms with Gasteiger partial charge in [-0.1, -0.05) is 0 Å². The first-order chi connectivity index (χ1) is 9.15. The Morgan fingerprint density at radius 2 is 2.21 bits per heavy atom. The molecule has 19 heavy (non-hydrogen) atoms. The van der Waals surface area contributed by atoms with Crippen LogP contribution in [0.2, 0.25) is 0 Å². The van der Waals surface area contributed by atoms with Gasteiger partial charge in [0.05, 0.1) is 26.4 Å². The van der Waals surface area contributed by atoms with E-state index < -0.39 is 0 Å². The summed E-state index contributed by atoms with van der Waals surface area (Å²) < 4.78 is 7.54. The first-order valence-electron chi connectivity index (χ1n) is 5.64. The van der Waals surface area contributed by atoms with Crippen LogP contribution in [-0.4, -0.2) is 11.6 Å². The number of aromatic nitrogens is 1. The molecule has 2 heterocycles. The average Bonchev–Trinajstić information content (AvgIpc) is 2.71. The lowest BCUT2D eigenvalue weighted by atomic mass is 10.0. The summed E-state index contributed by atoms with van der Waals surface area (Å²) in [5.74, 6) is 6.43. The highest BCUT2D eigenvalue weighted by atomic mass is 79.9. The van der Waals surface area contributed by atoms with Crippen molar-refractivity contribution in [1.82, 2.24) is 10.4 Å². The van der Waals surface area contributed by atoms with Crippen molar-refractivity contribution in [1.29, 1.82) is 0 Å². The summed E-state index contributed by atoms with van der Waals surface area (Å²) >= 11 is 8.63. The summed E-state index contributed by atoms with van der Waals surface area (Å²) in [7, 11) is 0. The van der Waals surface area contributed by atoms with Gasteiger partial charge in [-0.05, 0) is 56.5 Å². The zero-order chi connectivity index (χ0) is 13.8. The van der Waals surface area contributed by atoms with Crippen LogP contribution in [0, 0.1) is 0 Å². The molecule has 0 saturated heterocycles. The second-order valence-corrected chi connectivity index (χ2v) is 7.52. The molecule has 0 saturated carbocycles. The van der Waals surface area contributed by atoms with Gasteiger partial charge in [0.15, 0.2) is 0 Å². The molecule has 1 unspecified atom stereocenters. The number of hydrogen-bond acceptors (Lipinski definition) is 5. The standard InChI is InChI=1S/C12H13Br2N3OS/c1-2-18-8-3-7(5-16-6-8)11(17-15)9-4-10(13)19-12(9)14/h3-6,11,17H,2,15H2,1H3. The van der Waals surface area contributed by atoms with Crippen molar-refractivity contribution in [3.63, 3.8) is 0 Å². The van der Waals surface area contributed by atoms with E-state index in [0.29, 0.717) is 6.61 Å². The van der Waals surface area contributed by atoms with E-state index in [-0.39, 0.29) is 6.04 Å². The first-order valence-corrected chi connectivity index (χ1v) is 8.04. The number of hydrazine groups is 1. The van der Waals surface area contributed by atoms with E-state index in [1.54, 1.807) is 23.7 Å². The predicted molar refractivity (Wildman–Crippen MR) is 84.3 cm³/mol. The van der Waals surface area contributed by atoms with Gasteiger partial charge in [0, 0.05) is 11.8 Å². The number of hydrogen-bond donors (Lipinski definition) is 2. The Hall–Kier alpha value is -0.470. The van der Waals surface area contributed by atoms with Gasteiger partial charge in [-0.2, -0.15) is 0 Å². The summed E-state index contributed by atoms with van der Waals surface area (Å²) in [4.78, 5) is 4.19. The van der Waals surface area contributed by atoms with Gasteiger partial charge in [0.25, 0.3) is 0 Å². The monoisotopic (exact) mass is 405 g/mol. The minimum absolute atomic E-state index is 0.134. The molecule has 0 aliphatic carbocycles. The Balaban J connectivity index is 2.36. The topological polar surface area (TPSA) is 60.2 Å². The highest BCUT2D eigenvalue weighted by molar-refractivity contribution is 9.12. The molecule has 7 heteroatoms. The van der Waals surface area contributed by atoms with Crippen molar-refractivity contribution in [3.8, 4) is 5.75 Å². The molecule has 0 fully saturated rings. The molecule has 1 atom stereocenters. The maximum atomic E-state index is 5.69. The quantitative estimate of drug-likeness (QED) is 0.588. The minimum Gasteiger partial charge on any atom is -0.492 e. The number of nitrogens with one attached hydrogen (secondary N) is 1. The van der Waals surface area contributed by atoms with Crippen LogP contribution >= 0.6 is 43.2 Å². The van der Waals surface area contributed by atoms with E-state index in [4.69, 9.17) is 10.6 Å². The van der Waals surface area contributed by atoms with Crippen LogP contribution in [0.3, 0.4) is 0 Å². The Morgan fingerprint density at radius 3 is 2.79 bits per heavy atom. The van der Waals surface area contributed by atoms with Gasteiger partial charge in [-0.15, -0.1) is 11.3 Å². The van der Waals surface area contributed by atoms with E-state index >= 15 is 0 Å². The van der Waals surface area contributed by atoms with E-state index in [9.17, 15) is 0 Å². The van der Waals surface area contributed by atoms with Crippen molar-refractivity contribution in [2.45, 2.75) is 13.0 Å². The summed E-state index contributed by atoms with van der Waals surface area (Å²) in [5, 5.41) is 0. The predicted octanol–water partition coefficient (Wildman–Crippen LogP) is 3.62. The largest absolute Gasteiger partial charge is 0.492 e. The van der Waals surface area contributed by atoms with E-state index in [1.165, 1.54) is 0 Å². The zero-order valence-corrected chi connectivity index (χ0v) is 14.2. The lowest BCUT2D eigenvalue weighted by Crippen LogP contribution is -2.28. The van der Waals surface area contributed by atoms with Gasteiger partial charge < -0.3 is 4.74 Å². The van der Waals surface area contributed by atoms with Crippen LogP contribution in [0.1, 0.15) is 24.1 Å². The normalized spacial score (nSPS) is 12.4. The molecule has 0 aromatic carbocycles. The first kappa shape index (κ1) is 14.9. The SMILES string of the molecule is CCOc1cncc(C(NN)c2cc(Br)sc2Br)c1. The summed E-state index contributed by atoms with van der Waals surface area (Å²) in [6, 6.07) is 3.84. The second kappa shape index (κ2) is 6.81. The fourth-order valence-corrected chi connectivity index (χ4v) is 4.66. The minimum atomic E-state index is -0.134. The fourth-order valence-electron chi connectivity index (χ4n) is 1.75. The Morgan fingerprint density at radius 1 is 1.42 bits per heavy atom. The number of nitrogens with zero attached hydrogens (tertiary/aromatic N) is 1. The third-order valence-electron chi connectivity index (χ3n) is 2.54. The van der Waals surface area contributed by atoms with Crippen LogP contribution in [0.4, 0.5) is 0 Å². The van der Waals surface area contributed by atoms with Crippen molar-refractivity contribution in [3.05, 3.63) is 43.2 Å². The lowest BCUT2D eigenvalue weighted by Gasteiger charge is -2.16. The van der Waals surface area contributed by atoms with Crippen LogP contribution < -0.4 is 16.0 Å². The Bertz CT molecular complexity index is 562. The highest BCUT2D eigenvalue weighted by Gasteiger charge is 2.18. The van der Waals surface area contributed by atoms with Gasteiger partial charge in [-0.25, -0.2) is 5.43 Å². The van der Waals surface area contributed by atoms with E-state index in [0.717, 1.165) is 24.4 Å². The number of ether oxygens (including phenoxy) is 1. The molecule has 0 spiro atoms. The molecule has 2 aromatic heterocycles. The van der Waals surface area contributed by atoms with E-state index in [2.05, 4.69) is 42.3 Å². The van der Waals surface area contributed by atoms with Crippen LogP contribution in [0.5, 0.6) is 5.75 Å². The Labute approximate surface area is 132 Å². The van der Waals surface area contributed by atoms with Gasteiger partial charge in [-0.3, -0.25) is 10.8 Å². The van der Waals surface area contributed by atoms with Crippen LogP contribution in [0.25, 0.3) is 0 Å². The molecule has 0 aliphatic rings.